The van der Waals surface area contributed by atoms with Crippen molar-refractivity contribution in [3.05, 3.63) is 109 Å². The summed E-state index contributed by atoms with van der Waals surface area (Å²) in [6.07, 6.45) is 1.62. The summed E-state index contributed by atoms with van der Waals surface area (Å²) in [5.74, 6) is -0.0387. The molecule has 0 bridgehead atoms. The van der Waals surface area contributed by atoms with Crippen molar-refractivity contribution in [2.45, 2.75) is 26.9 Å². The fraction of sp³-hybridized carbons (Fsp3) is 0.286. The Balaban J connectivity index is 1.49. The summed E-state index contributed by atoms with van der Waals surface area (Å²) >= 11 is 0. The van der Waals surface area contributed by atoms with E-state index in [1.54, 1.807) is 29.3 Å². The van der Waals surface area contributed by atoms with Gasteiger partial charge < -0.3 is 9.64 Å². The van der Waals surface area contributed by atoms with Gasteiger partial charge in [0, 0.05) is 24.8 Å². The Morgan fingerprint density at radius 1 is 0.917 bits per heavy atom. The molecule has 2 aromatic carbocycles. The maximum atomic E-state index is 13.3. The molecule has 0 atom stereocenters. The van der Waals surface area contributed by atoms with E-state index >= 15 is 0 Å². The minimum absolute atomic E-state index is 0.0387. The summed E-state index contributed by atoms with van der Waals surface area (Å²) in [7, 11) is 0. The van der Waals surface area contributed by atoms with Crippen LogP contribution in [0.1, 0.15) is 32.6 Å². The van der Waals surface area contributed by atoms with E-state index in [9.17, 15) is 14.4 Å². The molecule has 4 aromatic rings. The molecule has 1 aliphatic rings. The van der Waals surface area contributed by atoms with E-state index in [1.165, 1.54) is 9.13 Å². The van der Waals surface area contributed by atoms with Gasteiger partial charge >= 0.3 is 11.1 Å². The van der Waals surface area contributed by atoms with Crippen LogP contribution < -0.4 is 11.1 Å². The Labute approximate surface area is 208 Å². The monoisotopic (exact) mass is 484 g/mol. The number of aryl methyl sites for hydroxylation is 2. The van der Waals surface area contributed by atoms with E-state index in [1.807, 2.05) is 50.2 Å². The third-order valence-electron chi connectivity index (χ3n) is 6.66. The highest BCUT2D eigenvalue weighted by Gasteiger charge is 2.19. The molecule has 8 heteroatoms. The second-order valence-corrected chi connectivity index (χ2v) is 9.16. The molecule has 0 radical (unpaired) electrons. The second-order valence-electron chi connectivity index (χ2n) is 9.16. The number of hydrogen-bond donors (Lipinski definition) is 0. The Morgan fingerprint density at radius 2 is 1.64 bits per heavy atom. The number of amides is 1. The van der Waals surface area contributed by atoms with Gasteiger partial charge in [0.05, 0.1) is 31.8 Å². The van der Waals surface area contributed by atoms with Gasteiger partial charge in [0.1, 0.15) is 0 Å². The maximum absolute atomic E-state index is 13.3. The Hall–Kier alpha value is -4.04. The van der Waals surface area contributed by atoms with E-state index in [2.05, 4.69) is 4.98 Å². The molecule has 2 aromatic heterocycles. The number of carbonyl (C=O) groups is 1. The highest BCUT2D eigenvalue weighted by molar-refractivity contribution is 5.94. The Bertz CT molecular complexity index is 1550. The summed E-state index contributed by atoms with van der Waals surface area (Å²) in [6.45, 7) is 6.71. The van der Waals surface area contributed by atoms with Crippen LogP contribution in [0.25, 0.3) is 11.2 Å². The highest BCUT2D eigenvalue weighted by Crippen LogP contribution is 2.16. The lowest BCUT2D eigenvalue weighted by Gasteiger charge is -2.26. The predicted molar refractivity (Wildman–Crippen MR) is 138 cm³/mol. The number of aromatic nitrogens is 3. The zero-order valence-electron chi connectivity index (χ0n) is 20.4. The molecule has 36 heavy (non-hydrogen) atoms. The number of benzene rings is 2. The van der Waals surface area contributed by atoms with Crippen LogP contribution in [0.15, 0.2) is 70.4 Å². The third kappa shape index (κ3) is 4.59. The average molecular weight is 485 g/mol. The van der Waals surface area contributed by atoms with Gasteiger partial charge in [-0.3, -0.25) is 23.5 Å². The smallest absolute Gasteiger partial charge is 0.318 e. The molecule has 1 saturated heterocycles. The highest BCUT2D eigenvalue weighted by atomic mass is 16.5. The quantitative estimate of drug-likeness (QED) is 0.407. The van der Waals surface area contributed by atoms with Crippen molar-refractivity contribution in [1.82, 2.24) is 19.0 Å². The first kappa shape index (κ1) is 23.7. The molecule has 8 nitrogen and oxygen atoms in total. The van der Waals surface area contributed by atoms with Crippen LogP contribution in [0.4, 0.5) is 0 Å². The van der Waals surface area contributed by atoms with Crippen molar-refractivity contribution in [2.24, 2.45) is 0 Å². The Kier molecular flexibility index (Phi) is 6.52. The molecule has 0 N–H and O–H groups in total. The molecule has 1 amide bonds. The maximum Gasteiger partial charge on any atom is 0.318 e. The summed E-state index contributed by atoms with van der Waals surface area (Å²) in [5, 5.41) is 0. The molecule has 1 aliphatic heterocycles. The molecule has 3 heterocycles. The van der Waals surface area contributed by atoms with Crippen LogP contribution in [-0.2, 0) is 17.8 Å². The minimum atomic E-state index is -0.625. The average Bonchev–Trinajstić information content (AvgIpc) is 2.91. The van der Waals surface area contributed by atoms with E-state index in [-0.39, 0.29) is 12.5 Å². The summed E-state index contributed by atoms with van der Waals surface area (Å²) in [5.41, 5.74) is 4.35. The first-order valence-electron chi connectivity index (χ1n) is 12.0. The van der Waals surface area contributed by atoms with Gasteiger partial charge in [-0.15, -0.1) is 0 Å². The Morgan fingerprint density at radius 3 is 2.39 bits per heavy atom. The lowest BCUT2D eigenvalue weighted by Crippen LogP contribution is -2.42. The topological polar surface area (TPSA) is 86.4 Å². The molecule has 0 saturated carbocycles. The number of ether oxygens (including phenoxy) is 1. The molecule has 1 fully saturated rings. The molecule has 0 spiro atoms. The zero-order valence-corrected chi connectivity index (χ0v) is 20.4. The van der Waals surface area contributed by atoms with Gasteiger partial charge in [0.25, 0.3) is 5.91 Å². The van der Waals surface area contributed by atoms with Crippen molar-refractivity contribution in [2.75, 3.05) is 26.3 Å². The lowest BCUT2D eigenvalue weighted by molar-refractivity contribution is 0.0303. The summed E-state index contributed by atoms with van der Waals surface area (Å²) < 4.78 is 8.24. The number of carbonyl (C=O) groups excluding carboxylic acids is 1. The third-order valence-corrected chi connectivity index (χ3v) is 6.66. The zero-order chi connectivity index (χ0) is 25.2. The van der Waals surface area contributed by atoms with Crippen LogP contribution in [0, 0.1) is 13.8 Å². The first-order valence-corrected chi connectivity index (χ1v) is 12.0. The molecular weight excluding hydrogens is 456 g/mol. The minimum Gasteiger partial charge on any atom is -0.378 e. The normalized spacial score (nSPS) is 13.8. The largest absolute Gasteiger partial charge is 0.378 e. The van der Waals surface area contributed by atoms with Gasteiger partial charge in [-0.2, -0.15) is 0 Å². The second kappa shape index (κ2) is 9.91. The summed E-state index contributed by atoms with van der Waals surface area (Å²) in [6, 6.07) is 16.8. The molecule has 0 aliphatic carbocycles. The number of nitrogens with zero attached hydrogens (tertiary/aromatic N) is 4. The number of pyridine rings is 1. The standard InChI is InChI=1S/C28H28N4O4/c1-19-5-6-20(2)23(16-19)18-31-24-4-3-11-29-25(24)32(28(35)27(31)34)17-21-7-9-22(10-8-21)26(33)30-12-14-36-15-13-30/h3-11,16H,12-15,17-18H2,1-2H3. The van der Waals surface area contributed by atoms with Crippen LogP contribution in [-0.4, -0.2) is 51.2 Å². The fourth-order valence-corrected chi connectivity index (χ4v) is 4.57. The van der Waals surface area contributed by atoms with Gasteiger partial charge in [0.15, 0.2) is 5.65 Å². The van der Waals surface area contributed by atoms with Gasteiger partial charge in [-0.05, 0) is 54.8 Å². The van der Waals surface area contributed by atoms with Crippen molar-refractivity contribution in [3.63, 3.8) is 0 Å². The van der Waals surface area contributed by atoms with E-state index < -0.39 is 11.1 Å². The number of hydrogen-bond acceptors (Lipinski definition) is 5. The molecular formula is C28H28N4O4. The fourth-order valence-electron chi connectivity index (χ4n) is 4.57. The molecule has 184 valence electrons. The van der Waals surface area contributed by atoms with Crippen LogP contribution in [0.5, 0.6) is 0 Å². The number of morpholine rings is 1. The number of rotatable bonds is 5. The van der Waals surface area contributed by atoms with E-state index in [4.69, 9.17) is 4.74 Å². The van der Waals surface area contributed by atoms with E-state index in [0.29, 0.717) is 49.6 Å². The van der Waals surface area contributed by atoms with Crippen LogP contribution in [0.2, 0.25) is 0 Å². The van der Waals surface area contributed by atoms with Gasteiger partial charge in [-0.1, -0.05) is 35.9 Å². The van der Waals surface area contributed by atoms with Gasteiger partial charge in [0.2, 0.25) is 0 Å². The van der Waals surface area contributed by atoms with Gasteiger partial charge in [-0.25, -0.2) is 4.98 Å². The van der Waals surface area contributed by atoms with Crippen LogP contribution >= 0.6 is 0 Å². The SMILES string of the molecule is Cc1ccc(C)c(Cn2c(=O)c(=O)n(Cc3ccc(C(=O)N4CCOCC4)cc3)c3ncccc32)c1. The molecule has 0 unspecified atom stereocenters. The first-order chi connectivity index (χ1) is 17.4. The lowest BCUT2D eigenvalue weighted by atomic mass is 10.1. The van der Waals surface area contributed by atoms with Crippen LogP contribution in [0.3, 0.4) is 0 Å². The van der Waals surface area contributed by atoms with Crippen molar-refractivity contribution < 1.29 is 9.53 Å². The van der Waals surface area contributed by atoms with E-state index in [0.717, 1.165) is 22.3 Å². The van der Waals surface area contributed by atoms with Crippen molar-refractivity contribution in [1.29, 1.82) is 0 Å². The predicted octanol–water partition coefficient (Wildman–Crippen LogP) is 2.74. The molecule has 5 rings (SSSR count). The van der Waals surface area contributed by atoms with Crippen molar-refractivity contribution >= 4 is 17.1 Å². The summed E-state index contributed by atoms with van der Waals surface area (Å²) in [4.78, 5) is 45.5. The van der Waals surface area contributed by atoms with Crippen molar-refractivity contribution in [3.8, 4) is 0 Å². The number of fused-ring (bicyclic) bond motifs is 1.